The fraction of sp³-hybridized carbons (Fsp3) is 0.333. The third kappa shape index (κ3) is 3.22. The van der Waals surface area contributed by atoms with E-state index in [1.165, 1.54) is 6.07 Å². The molecule has 0 aromatic heterocycles. The van der Waals surface area contributed by atoms with Crippen molar-refractivity contribution in [3.63, 3.8) is 0 Å². The molecular formula is C12H13BrN2O3S. The predicted octanol–water partition coefficient (Wildman–Crippen LogP) is 1.23. The molecule has 1 aromatic carbocycles. The lowest BCUT2D eigenvalue weighted by molar-refractivity contribution is 0.0955. The van der Waals surface area contributed by atoms with Crippen molar-refractivity contribution in [2.24, 2.45) is 0 Å². The number of fused-ring (bicyclic) bond motifs is 1. The van der Waals surface area contributed by atoms with E-state index in [2.05, 4.69) is 39.2 Å². The summed E-state index contributed by atoms with van der Waals surface area (Å²) in [7, 11) is 0. The molecule has 1 aliphatic rings. The van der Waals surface area contributed by atoms with Gasteiger partial charge in [0.2, 0.25) is 0 Å². The Morgan fingerprint density at radius 3 is 3.05 bits per heavy atom. The molecule has 0 fully saturated rings. The molecule has 5 nitrogen and oxygen atoms in total. The van der Waals surface area contributed by atoms with Gasteiger partial charge in [0.05, 0.1) is 16.6 Å². The largest absolute Gasteiger partial charge is 0.490 e. The van der Waals surface area contributed by atoms with Crippen LogP contribution in [0.15, 0.2) is 16.6 Å². The fourth-order valence-corrected chi connectivity index (χ4v) is 2.41. The van der Waals surface area contributed by atoms with E-state index in [0.29, 0.717) is 46.8 Å². The van der Waals surface area contributed by atoms with E-state index in [1.54, 1.807) is 6.07 Å². The first-order valence-electron chi connectivity index (χ1n) is 5.77. The highest BCUT2D eigenvalue weighted by Gasteiger charge is 2.21. The standard InChI is InChI=1S/C12H13BrN2O3S/c13-9-6-7(11(16)15-2-4-19)5-8-10(9)18-3-1-14-12(8)17/h5-6,19H,1-4H2,(H,14,17)(H,15,16). The average molecular weight is 345 g/mol. The molecule has 2 rings (SSSR count). The Kier molecular flexibility index (Phi) is 4.71. The second-order valence-corrected chi connectivity index (χ2v) is 5.22. The number of carbonyl (C=O) groups excluding carboxylic acids is 2. The number of amides is 2. The normalized spacial score (nSPS) is 13.9. The number of nitrogens with one attached hydrogen (secondary N) is 2. The molecule has 0 unspecified atom stereocenters. The summed E-state index contributed by atoms with van der Waals surface area (Å²) in [6.45, 7) is 1.32. The van der Waals surface area contributed by atoms with Gasteiger partial charge in [-0.2, -0.15) is 12.6 Å². The van der Waals surface area contributed by atoms with Crippen molar-refractivity contribution in [1.29, 1.82) is 0 Å². The number of halogens is 1. The highest BCUT2D eigenvalue weighted by Crippen LogP contribution is 2.31. The van der Waals surface area contributed by atoms with Crippen molar-refractivity contribution in [2.45, 2.75) is 0 Å². The maximum absolute atomic E-state index is 11.9. The minimum absolute atomic E-state index is 0.239. The van der Waals surface area contributed by atoms with Crippen LogP contribution in [0.4, 0.5) is 0 Å². The molecule has 0 aliphatic carbocycles. The molecule has 19 heavy (non-hydrogen) atoms. The lowest BCUT2D eigenvalue weighted by Gasteiger charge is -2.10. The number of benzene rings is 1. The Hall–Kier alpha value is -1.21. The highest BCUT2D eigenvalue weighted by molar-refractivity contribution is 9.10. The summed E-state index contributed by atoms with van der Waals surface area (Å²) in [5.41, 5.74) is 0.774. The zero-order valence-electron chi connectivity index (χ0n) is 10.0. The first-order chi connectivity index (χ1) is 9.13. The molecule has 0 bridgehead atoms. The molecule has 102 valence electrons. The molecule has 7 heteroatoms. The number of thiol groups is 1. The lowest BCUT2D eigenvalue weighted by atomic mass is 10.1. The summed E-state index contributed by atoms with van der Waals surface area (Å²) >= 11 is 7.36. The quantitative estimate of drug-likeness (QED) is 0.722. The molecule has 0 saturated heterocycles. The lowest BCUT2D eigenvalue weighted by Crippen LogP contribution is -2.26. The number of hydrogen-bond donors (Lipinski definition) is 3. The van der Waals surface area contributed by atoms with Crippen molar-refractivity contribution < 1.29 is 14.3 Å². The van der Waals surface area contributed by atoms with Crippen LogP contribution in [0, 0.1) is 0 Å². The van der Waals surface area contributed by atoms with E-state index in [9.17, 15) is 9.59 Å². The monoisotopic (exact) mass is 344 g/mol. The van der Waals surface area contributed by atoms with Gasteiger partial charge in [-0.15, -0.1) is 0 Å². The van der Waals surface area contributed by atoms with Crippen molar-refractivity contribution in [1.82, 2.24) is 10.6 Å². The SMILES string of the molecule is O=C(NCCS)c1cc(Br)c2c(c1)C(=O)NCCO2. The van der Waals surface area contributed by atoms with Gasteiger partial charge in [-0.25, -0.2) is 0 Å². The number of hydrogen-bond acceptors (Lipinski definition) is 4. The van der Waals surface area contributed by atoms with Gasteiger partial charge >= 0.3 is 0 Å². The maximum atomic E-state index is 11.9. The van der Waals surface area contributed by atoms with Gasteiger partial charge < -0.3 is 15.4 Å². The van der Waals surface area contributed by atoms with Gasteiger partial charge in [0.15, 0.2) is 0 Å². The Labute approximate surface area is 124 Å². The number of ether oxygens (including phenoxy) is 1. The summed E-state index contributed by atoms with van der Waals surface area (Å²) in [4.78, 5) is 23.8. The molecule has 2 amide bonds. The van der Waals surface area contributed by atoms with Crippen molar-refractivity contribution >= 4 is 40.4 Å². The zero-order chi connectivity index (χ0) is 13.8. The summed E-state index contributed by atoms with van der Waals surface area (Å²) in [6.07, 6.45) is 0. The van der Waals surface area contributed by atoms with Crippen LogP contribution in [0.1, 0.15) is 20.7 Å². The molecule has 0 atom stereocenters. The number of rotatable bonds is 3. The first-order valence-corrected chi connectivity index (χ1v) is 7.19. The van der Waals surface area contributed by atoms with Gasteiger partial charge in [0.1, 0.15) is 12.4 Å². The highest BCUT2D eigenvalue weighted by atomic mass is 79.9. The van der Waals surface area contributed by atoms with Crippen LogP contribution in [0.25, 0.3) is 0 Å². The average Bonchev–Trinajstić information content (AvgIpc) is 2.59. The van der Waals surface area contributed by atoms with E-state index in [-0.39, 0.29) is 11.8 Å². The van der Waals surface area contributed by atoms with E-state index in [1.807, 2.05) is 0 Å². The zero-order valence-corrected chi connectivity index (χ0v) is 12.5. The third-order valence-corrected chi connectivity index (χ3v) is 3.39. The minimum Gasteiger partial charge on any atom is -0.490 e. The number of carbonyl (C=O) groups is 2. The Morgan fingerprint density at radius 2 is 2.32 bits per heavy atom. The Morgan fingerprint density at radius 1 is 1.53 bits per heavy atom. The van der Waals surface area contributed by atoms with Gasteiger partial charge in [-0.1, -0.05) is 0 Å². The first kappa shape index (κ1) is 14.2. The van der Waals surface area contributed by atoms with Crippen LogP contribution >= 0.6 is 28.6 Å². The third-order valence-electron chi connectivity index (χ3n) is 2.58. The summed E-state index contributed by atoms with van der Waals surface area (Å²) < 4.78 is 6.09. The van der Waals surface area contributed by atoms with E-state index in [4.69, 9.17) is 4.74 Å². The molecule has 1 aromatic rings. The van der Waals surface area contributed by atoms with Gasteiger partial charge in [-0.05, 0) is 28.1 Å². The minimum atomic E-state index is -0.241. The second kappa shape index (κ2) is 6.29. The topological polar surface area (TPSA) is 67.4 Å². The molecule has 2 N–H and O–H groups in total. The van der Waals surface area contributed by atoms with E-state index >= 15 is 0 Å². The summed E-state index contributed by atoms with van der Waals surface area (Å²) in [5, 5.41) is 5.41. The maximum Gasteiger partial charge on any atom is 0.255 e. The van der Waals surface area contributed by atoms with Crippen LogP contribution in [-0.4, -0.2) is 37.3 Å². The molecule has 0 saturated carbocycles. The molecule has 0 radical (unpaired) electrons. The molecule has 0 spiro atoms. The summed E-state index contributed by atoms with van der Waals surface area (Å²) in [6, 6.07) is 3.18. The smallest absolute Gasteiger partial charge is 0.255 e. The fourth-order valence-electron chi connectivity index (χ4n) is 1.72. The van der Waals surface area contributed by atoms with Gasteiger partial charge in [0.25, 0.3) is 11.8 Å². The second-order valence-electron chi connectivity index (χ2n) is 3.92. The van der Waals surface area contributed by atoms with Crippen LogP contribution in [0.5, 0.6) is 5.75 Å². The Bertz CT molecular complexity index is 522. The van der Waals surface area contributed by atoms with Crippen LogP contribution in [-0.2, 0) is 0 Å². The predicted molar refractivity (Wildman–Crippen MR) is 78.2 cm³/mol. The van der Waals surface area contributed by atoms with Gasteiger partial charge in [0, 0.05) is 17.9 Å². The van der Waals surface area contributed by atoms with E-state index < -0.39 is 0 Å². The van der Waals surface area contributed by atoms with Crippen LogP contribution in [0.3, 0.4) is 0 Å². The molecule has 1 heterocycles. The van der Waals surface area contributed by atoms with Crippen molar-refractivity contribution in [3.8, 4) is 5.75 Å². The van der Waals surface area contributed by atoms with Crippen molar-refractivity contribution in [3.05, 3.63) is 27.7 Å². The molecular weight excluding hydrogens is 332 g/mol. The molecule has 1 aliphatic heterocycles. The van der Waals surface area contributed by atoms with E-state index in [0.717, 1.165) is 0 Å². The Balaban J connectivity index is 2.36. The van der Waals surface area contributed by atoms with Gasteiger partial charge in [-0.3, -0.25) is 9.59 Å². The van der Waals surface area contributed by atoms with Crippen LogP contribution in [0.2, 0.25) is 0 Å². The van der Waals surface area contributed by atoms with Crippen LogP contribution < -0.4 is 15.4 Å². The summed E-state index contributed by atoms with van der Waals surface area (Å²) in [5.74, 6) is 0.550. The van der Waals surface area contributed by atoms with Crippen molar-refractivity contribution in [2.75, 3.05) is 25.4 Å².